The minimum Gasteiger partial charge on any atom is -0.345 e. The molecule has 0 aliphatic heterocycles. The van der Waals surface area contributed by atoms with Gasteiger partial charge in [-0.1, -0.05) is 30.3 Å². The fourth-order valence-electron chi connectivity index (χ4n) is 1.41. The number of rotatable bonds is 2. The number of aryl methyl sites for hydroxylation is 1. The second-order valence-corrected chi connectivity index (χ2v) is 3.34. The zero-order chi connectivity index (χ0) is 9.97. The van der Waals surface area contributed by atoms with Crippen LogP contribution >= 0.6 is 0 Å². The first-order valence-electron chi connectivity index (χ1n) is 4.59. The van der Waals surface area contributed by atoms with Crippen molar-refractivity contribution in [3.8, 4) is 0 Å². The van der Waals surface area contributed by atoms with E-state index in [-0.39, 0.29) is 6.04 Å². The molecule has 1 atom stereocenters. The van der Waals surface area contributed by atoms with E-state index >= 15 is 0 Å². The second-order valence-electron chi connectivity index (χ2n) is 3.34. The Bertz CT molecular complexity index is 405. The SMILES string of the molecule is Cc1cnc([C@H](N)c2ccccc2)[nH]1. The Kier molecular flexibility index (Phi) is 2.33. The minimum absolute atomic E-state index is 0.162. The highest BCUT2D eigenvalue weighted by atomic mass is 14.9. The van der Waals surface area contributed by atoms with Gasteiger partial charge in [-0.15, -0.1) is 0 Å². The lowest BCUT2D eigenvalue weighted by molar-refractivity contribution is 0.798. The largest absolute Gasteiger partial charge is 0.345 e. The van der Waals surface area contributed by atoms with Crippen LogP contribution in [0.15, 0.2) is 36.5 Å². The number of H-pyrrole nitrogens is 1. The number of aromatic amines is 1. The molecule has 0 saturated heterocycles. The Morgan fingerprint density at radius 1 is 1.29 bits per heavy atom. The average Bonchev–Trinajstić information content (AvgIpc) is 2.65. The molecule has 0 saturated carbocycles. The van der Waals surface area contributed by atoms with Gasteiger partial charge in [-0.25, -0.2) is 4.98 Å². The van der Waals surface area contributed by atoms with Gasteiger partial charge in [0.1, 0.15) is 5.82 Å². The maximum atomic E-state index is 6.04. The molecule has 0 unspecified atom stereocenters. The van der Waals surface area contributed by atoms with Gasteiger partial charge in [0.15, 0.2) is 0 Å². The molecule has 0 bridgehead atoms. The highest BCUT2D eigenvalue weighted by molar-refractivity contribution is 5.24. The fourth-order valence-corrected chi connectivity index (χ4v) is 1.41. The summed E-state index contributed by atoms with van der Waals surface area (Å²) in [5.41, 5.74) is 8.14. The highest BCUT2D eigenvalue weighted by Crippen LogP contribution is 2.15. The maximum absolute atomic E-state index is 6.04. The monoisotopic (exact) mass is 187 g/mol. The normalized spacial score (nSPS) is 12.7. The Morgan fingerprint density at radius 3 is 2.57 bits per heavy atom. The lowest BCUT2D eigenvalue weighted by Gasteiger charge is -2.08. The van der Waals surface area contributed by atoms with E-state index in [1.165, 1.54) is 0 Å². The van der Waals surface area contributed by atoms with Crippen molar-refractivity contribution >= 4 is 0 Å². The molecule has 3 nitrogen and oxygen atoms in total. The van der Waals surface area contributed by atoms with Crippen LogP contribution in [0.1, 0.15) is 23.1 Å². The predicted molar refractivity (Wildman–Crippen MR) is 55.8 cm³/mol. The molecule has 2 aromatic rings. The molecule has 2 rings (SSSR count). The van der Waals surface area contributed by atoms with E-state index in [1.54, 1.807) is 6.20 Å². The lowest BCUT2D eigenvalue weighted by Crippen LogP contribution is -2.13. The van der Waals surface area contributed by atoms with E-state index in [2.05, 4.69) is 9.97 Å². The van der Waals surface area contributed by atoms with E-state index < -0.39 is 0 Å². The molecular formula is C11H13N3. The number of aromatic nitrogens is 2. The van der Waals surface area contributed by atoms with Gasteiger partial charge in [-0.05, 0) is 12.5 Å². The highest BCUT2D eigenvalue weighted by Gasteiger charge is 2.10. The Balaban J connectivity index is 2.29. The van der Waals surface area contributed by atoms with Crippen molar-refractivity contribution in [1.29, 1.82) is 0 Å². The number of imidazole rings is 1. The molecule has 0 aliphatic carbocycles. The van der Waals surface area contributed by atoms with Gasteiger partial charge in [-0.2, -0.15) is 0 Å². The van der Waals surface area contributed by atoms with Gasteiger partial charge < -0.3 is 10.7 Å². The van der Waals surface area contributed by atoms with E-state index in [1.807, 2.05) is 37.3 Å². The summed E-state index contributed by atoms with van der Waals surface area (Å²) in [6.45, 7) is 1.97. The summed E-state index contributed by atoms with van der Waals surface area (Å²) in [4.78, 5) is 7.35. The number of nitrogens with one attached hydrogen (secondary N) is 1. The Morgan fingerprint density at radius 2 is 2.00 bits per heavy atom. The molecule has 0 fully saturated rings. The van der Waals surface area contributed by atoms with Crippen LogP contribution in [0.25, 0.3) is 0 Å². The predicted octanol–water partition coefficient (Wildman–Crippen LogP) is 1.77. The Labute approximate surface area is 83.0 Å². The molecule has 1 aromatic carbocycles. The molecule has 0 amide bonds. The van der Waals surface area contributed by atoms with Crippen molar-refractivity contribution in [2.75, 3.05) is 0 Å². The summed E-state index contributed by atoms with van der Waals surface area (Å²) in [6, 6.07) is 9.77. The van der Waals surface area contributed by atoms with Crippen molar-refractivity contribution in [2.24, 2.45) is 5.73 Å². The first-order valence-corrected chi connectivity index (χ1v) is 4.59. The molecule has 14 heavy (non-hydrogen) atoms. The van der Waals surface area contributed by atoms with Crippen LogP contribution in [-0.2, 0) is 0 Å². The standard InChI is InChI=1S/C11H13N3/c1-8-7-13-11(14-8)10(12)9-5-3-2-4-6-9/h2-7,10H,12H2,1H3,(H,13,14)/t10-/m1/s1. The van der Waals surface area contributed by atoms with Crippen molar-refractivity contribution in [1.82, 2.24) is 9.97 Å². The van der Waals surface area contributed by atoms with E-state index in [9.17, 15) is 0 Å². The van der Waals surface area contributed by atoms with Crippen LogP contribution in [0.5, 0.6) is 0 Å². The van der Waals surface area contributed by atoms with Crippen LogP contribution in [-0.4, -0.2) is 9.97 Å². The molecular weight excluding hydrogens is 174 g/mol. The minimum atomic E-state index is -0.162. The number of benzene rings is 1. The zero-order valence-corrected chi connectivity index (χ0v) is 8.07. The van der Waals surface area contributed by atoms with E-state index in [4.69, 9.17) is 5.73 Å². The van der Waals surface area contributed by atoms with Gasteiger partial charge in [0.25, 0.3) is 0 Å². The van der Waals surface area contributed by atoms with Gasteiger partial charge in [-0.3, -0.25) is 0 Å². The molecule has 0 spiro atoms. The van der Waals surface area contributed by atoms with Crippen LogP contribution in [0.4, 0.5) is 0 Å². The molecule has 1 heterocycles. The van der Waals surface area contributed by atoms with Crippen LogP contribution in [0, 0.1) is 6.92 Å². The van der Waals surface area contributed by atoms with E-state index in [0.29, 0.717) is 0 Å². The van der Waals surface area contributed by atoms with Gasteiger partial charge in [0, 0.05) is 11.9 Å². The van der Waals surface area contributed by atoms with Crippen LogP contribution in [0.3, 0.4) is 0 Å². The van der Waals surface area contributed by atoms with Crippen molar-refractivity contribution < 1.29 is 0 Å². The lowest BCUT2D eigenvalue weighted by atomic mass is 10.1. The third-order valence-electron chi connectivity index (χ3n) is 2.18. The molecule has 72 valence electrons. The smallest absolute Gasteiger partial charge is 0.127 e. The number of nitrogens with zero attached hydrogens (tertiary/aromatic N) is 1. The first kappa shape index (κ1) is 8.97. The number of hydrogen-bond donors (Lipinski definition) is 2. The summed E-state index contributed by atoms with van der Waals surface area (Å²) in [5, 5.41) is 0. The molecule has 0 radical (unpaired) electrons. The van der Waals surface area contributed by atoms with Gasteiger partial charge in [0.05, 0.1) is 6.04 Å². The second kappa shape index (κ2) is 3.64. The summed E-state index contributed by atoms with van der Waals surface area (Å²) in [7, 11) is 0. The number of hydrogen-bond acceptors (Lipinski definition) is 2. The Hall–Kier alpha value is -1.61. The quantitative estimate of drug-likeness (QED) is 0.752. The van der Waals surface area contributed by atoms with E-state index in [0.717, 1.165) is 17.1 Å². The summed E-state index contributed by atoms with van der Waals surface area (Å²) in [5.74, 6) is 0.814. The van der Waals surface area contributed by atoms with Gasteiger partial charge in [0.2, 0.25) is 0 Å². The summed E-state index contributed by atoms with van der Waals surface area (Å²) in [6.07, 6.45) is 1.79. The van der Waals surface area contributed by atoms with Crippen molar-refractivity contribution in [2.45, 2.75) is 13.0 Å². The van der Waals surface area contributed by atoms with Crippen molar-refractivity contribution in [3.63, 3.8) is 0 Å². The number of nitrogens with two attached hydrogens (primary N) is 1. The van der Waals surface area contributed by atoms with Crippen LogP contribution in [0.2, 0.25) is 0 Å². The van der Waals surface area contributed by atoms with Crippen molar-refractivity contribution in [3.05, 3.63) is 53.6 Å². The third kappa shape index (κ3) is 1.67. The average molecular weight is 187 g/mol. The first-order chi connectivity index (χ1) is 6.77. The molecule has 3 N–H and O–H groups in total. The topological polar surface area (TPSA) is 54.7 Å². The van der Waals surface area contributed by atoms with Crippen LogP contribution < -0.4 is 5.73 Å². The zero-order valence-electron chi connectivity index (χ0n) is 8.07. The fraction of sp³-hybridized carbons (Fsp3) is 0.182. The van der Waals surface area contributed by atoms with Gasteiger partial charge >= 0.3 is 0 Å². The maximum Gasteiger partial charge on any atom is 0.127 e. The summed E-state index contributed by atoms with van der Waals surface area (Å²) < 4.78 is 0. The summed E-state index contributed by atoms with van der Waals surface area (Å²) >= 11 is 0. The molecule has 1 aromatic heterocycles. The molecule has 0 aliphatic rings. The molecule has 3 heteroatoms. The third-order valence-corrected chi connectivity index (χ3v) is 2.18.